The zero-order valence-electron chi connectivity index (χ0n) is 12.9. The van der Waals surface area contributed by atoms with Gasteiger partial charge in [0.25, 0.3) is 0 Å². The van der Waals surface area contributed by atoms with Gasteiger partial charge in [-0.2, -0.15) is 5.26 Å². The lowest BCUT2D eigenvalue weighted by atomic mass is 9.71. The standard InChI is InChI=1S/C18H31N/c1-3-15-4-6-16(7-5-15)12-14(2)18-10-8-17(13-19)9-11-18/h14-18H,3-12H2,1-2H3/t14?,15-,16+,17-,18+. The van der Waals surface area contributed by atoms with Crippen molar-refractivity contribution in [3.63, 3.8) is 0 Å². The fraction of sp³-hybridized carbons (Fsp3) is 0.944. The minimum absolute atomic E-state index is 0.364. The van der Waals surface area contributed by atoms with Crippen LogP contribution in [0.3, 0.4) is 0 Å². The van der Waals surface area contributed by atoms with E-state index in [9.17, 15) is 0 Å². The van der Waals surface area contributed by atoms with E-state index in [2.05, 4.69) is 19.9 Å². The number of nitrogens with zero attached hydrogens (tertiary/aromatic N) is 1. The Morgan fingerprint density at radius 2 is 1.53 bits per heavy atom. The van der Waals surface area contributed by atoms with Crippen molar-refractivity contribution in [3.05, 3.63) is 0 Å². The fourth-order valence-corrected chi connectivity index (χ4v) is 4.41. The molecule has 0 amide bonds. The van der Waals surface area contributed by atoms with Crippen molar-refractivity contribution in [3.8, 4) is 6.07 Å². The maximum atomic E-state index is 8.98. The molecule has 0 aliphatic heterocycles. The molecule has 2 saturated carbocycles. The van der Waals surface area contributed by atoms with Gasteiger partial charge in [-0.15, -0.1) is 0 Å². The summed E-state index contributed by atoms with van der Waals surface area (Å²) < 4.78 is 0. The number of rotatable bonds is 4. The van der Waals surface area contributed by atoms with E-state index in [1.54, 1.807) is 0 Å². The summed E-state index contributed by atoms with van der Waals surface area (Å²) in [4.78, 5) is 0. The van der Waals surface area contributed by atoms with Crippen molar-refractivity contribution in [2.45, 2.75) is 78.1 Å². The van der Waals surface area contributed by atoms with Crippen molar-refractivity contribution < 1.29 is 0 Å². The minimum Gasteiger partial charge on any atom is -0.198 e. The lowest BCUT2D eigenvalue weighted by Crippen LogP contribution is -2.23. The second-order valence-corrected chi connectivity index (χ2v) is 7.25. The molecular formula is C18H31N. The van der Waals surface area contributed by atoms with Gasteiger partial charge in [-0.1, -0.05) is 46.0 Å². The quantitative estimate of drug-likeness (QED) is 0.650. The van der Waals surface area contributed by atoms with E-state index in [0.29, 0.717) is 5.92 Å². The Morgan fingerprint density at radius 1 is 0.947 bits per heavy atom. The number of hydrogen-bond donors (Lipinski definition) is 0. The van der Waals surface area contributed by atoms with Crippen LogP contribution in [-0.2, 0) is 0 Å². The summed E-state index contributed by atoms with van der Waals surface area (Å²) in [6.45, 7) is 4.82. The molecule has 2 rings (SSSR count). The molecular weight excluding hydrogens is 230 g/mol. The van der Waals surface area contributed by atoms with Crippen LogP contribution in [0.2, 0.25) is 0 Å². The number of nitriles is 1. The third-order valence-corrected chi connectivity index (χ3v) is 6.01. The maximum absolute atomic E-state index is 8.98. The van der Waals surface area contributed by atoms with Gasteiger partial charge in [0.2, 0.25) is 0 Å². The number of hydrogen-bond acceptors (Lipinski definition) is 1. The van der Waals surface area contributed by atoms with Crippen LogP contribution >= 0.6 is 0 Å². The second kappa shape index (κ2) is 7.32. The molecule has 2 fully saturated rings. The predicted octanol–water partition coefficient (Wildman–Crippen LogP) is 5.56. The van der Waals surface area contributed by atoms with Gasteiger partial charge in [0.15, 0.2) is 0 Å². The molecule has 19 heavy (non-hydrogen) atoms. The first-order chi connectivity index (χ1) is 9.22. The predicted molar refractivity (Wildman–Crippen MR) is 80.6 cm³/mol. The Labute approximate surface area is 119 Å². The molecule has 0 aromatic rings. The molecule has 0 bridgehead atoms. The summed E-state index contributed by atoms with van der Waals surface area (Å²) in [7, 11) is 0. The zero-order valence-corrected chi connectivity index (χ0v) is 12.9. The van der Waals surface area contributed by atoms with Crippen molar-refractivity contribution in [1.82, 2.24) is 0 Å². The largest absolute Gasteiger partial charge is 0.198 e. The lowest BCUT2D eigenvalue weighted by molar-refractivity contribution is 0.175. The lowest BCUT2D eigenvalue weighted by Gasteiger charge is -2.34. The van der Waals surface area contributed by atoms with Crippen molar-refractivity contribution in [2.75, 3.05) is 0 Å². The van der Waals surface area contributed by atoms with Crippen LogP contribution in [0.15, 0.2) is 0 Å². The average molecular weight is 261 g/mol. The van der Waals surface area contributed by atoms with Crippen LogP contribution in [-0.4, -0.2) is 0 Å². The normalized spacial score (nSPS) is 37.5. The third-order valence-electron chi connectivity index (χ3n) is 6.01. The SMILES string of the molecule is CC[C@H]1CC[C@@H](CC(C)[C@H]2CC[C@@H](C#N)CC2)CC1. The Morgan fingerprint density at radius 3 is 2.05 bits per heavy atom. The smallest absolute Gasteiger partial charge is 0.0655 e. The molecule has 2 aliphatic rings. The summed E-state index contributed by atoms with van der Waals surface area (Å²) in [5.74, 6) is 4.20. The molecule has 108 valence electrons. The molecule has 0 aromatic heterocycles. The van der Waals surface area contributed by atoms with Crippen LogP contribution < -0.4 is 0 Å². The first-order valence-electron chi connectivity index (χ1n) is 8.62. The van der Waals surface area contributed by atoms with E-state index in [1.807, 2.05) is 0 Å². The van der Waals surface area contributed by atoms with Crippen molar-refractivity contribution >= 4 is 0 Å². The monoisotopic (exact) mass is 261 g/mol. The zero-order chi connectivity index (χ0) is 13.7. The van der Waals surface area contributed by atoms with Crippen LogP contribution in [0.5, 0.6) is 0 Å². The molecule has 1 nitrogen and oxygen atoms in total. The molecule has 0 spiro atoms. The van der Waals surface area contributed by atoms with Crippen LogP contribution in [0.25, 0.3) is 0 Å². The average Bonchev–Trinajstić information content (AvgIpc) is 2.48. The van der Waals surface area contributed by atoms with E-state index in [0.717, 1.165) is 36.5 Å². The molecule has 0 radical (unpaired) electrons. The van der Waals surface area contributed by atoms with Crippen molar-refractivity contribution in [2.24, 2.45) is 29.6 Å². The van der Waals surface area contributed by atoms with E-state index in [4.69, 9.17) is 5.26 Å². The highest BCUT2D eigenvalue weighted by Gasteiger charge is 2.28. The summed E-state index contributed by atoms with van der Waals surface area (Å²) in [6.07, 6.45) is 13.7. The molecule has 1 unspecified atom stereocenters. The van der Waals surface area contributed by atoms with Gasteiger partial charge in [0.1, 0.15) is 0 Å². The topological polar surface area (TPSA) is 23.8 Å². The maximum Gasteiger partial charge on any atom is 0.0655 e. The summed E-state index contributed by atoms with van der Waals surface area (Å²) in [6, 6.07) is 2.46. The molecule has 0 heterocycles. The van der Waals surface area contributed by atoms with Crippen LogP contribution in [0.1, 0.15) is 78.1 Å². The van der Waals surface area contributed by atoms with E-state index < -0.39 is 0 Å². The Kier molecular flexibility index (Phi) is 5.74. The summed E-state index contributed by atoms with van der Waals surface area (Å²) in [5.41, 5.74) is 0. The van der Waals surface area contributed by atoms with Crippen molar-refractivity contribution in [1.29, 1.82) is 5.26 Å². The second-order valence-electron chi connectivity index (χ2n) is 7.25. The van der Waals surface area contributed by atoms with Gasteiger partial charge in [0, 0.05) is 5.92 Å². The van der Waals surface area contributed by atoms with Gasteiger partial charge in [-0.3, -0.25) is 0 Å². The minimum atomic E-state index is 0.364. The molecule has 1 atom stereocenters. The van der Waals surface area contributed by atoms with Gasteiger partial charge >= 0.3 is 0 Å². The summed E-state index contributed by atoms with van der Waals surface area (Å²) in [5, 5.41) is 8.98. The van der Waals surface area contributed by atoms with Gasteiger partial charge in [-0.25, -0.2) is 0 Å². The van der Waals surface area contributed by atoms with Crippen LogP contribution in [0, 0.1) is 40.9 Å². The molecule has 0 aromatic carbocycles. The Balaban J connectivity index is 1.70. The third kappa shape index (κ3) is 4.23. The fourth-order valence-electron chi connectivity index (χ4n) is 4.41. The van der Waals surface area contributed by atoms with Crippen LogP contribution in [0.4, 0.5) is 0 Å². The summed E-state index contributed by atoms with van der Waals surface area (Å²) >= 11 is 0. The van der Waals surface area contributed by atoms with E-state index in [-0.39, 0.29) is 0 Å². The van der Waals surface area contributed by atoms with Gasteiger partial charge in [0.05, 0.1) is 6.07 Å². The van der Waals surface area contributed by atoms with E-state index in [1.165, 1.54) is 51.4 Å². The first kappa shape index (κ1) is 14.9. The van der Waals surface area contributed by atoms with Gasteiger partial charge in [-0.05, 0) is 55.8 Å². The highest BCUT2D eigenvalue weighted by Crippen LogP contribution is 2.39. The highest BCUT2D eigenvalue weighted by atomic mass is 14.4. The highest BCUT2D eigenvalue weighted by molar-refractivity contribution is 4.88. The molecule has 0 N–H and O–H groups in total. The molecule has 0 saturated heterocycles. The van der Waals surface area contributed by atoms with E-state index >= 15 is 0 Å². The Bertz CT molecular complexity index is 287. The first-order valence-corrected chi connectivity index (χ1v) is 8.62. The molecule has 2 aliphatic carbocycles. The Hall–Kier alpha value is -0.510. The van der Waals surface area contributed by atoms with Gasteiger partial charge < -0.3 is 0 Å². The molecule has 1 heteroatoms.